The van der Waals surface area contributed by atoms with Crippen LogP contribution in [0.1, 0.15) is 11.1 Å². The first kappa shape index (κ1) is 15.0. The van der Waals surface area contributed by atoms with Crippen molar-refractivity contribution in [3.63, 3.8) is 0 Å². The molecule has 24 heavy (non-hydrogen) atoms. The molecule has 0 bridgehead atoms. The average molecular weight is 339 g/mol. The molecule has 5 nitrogen and oxygen atoms in total. The fraction of sp³-hybridized carbons (Fsp3) is 0.167. The molecule has 122 valence electrons. The Morgan fingerprint density at radius 2 is 1.92 bits per heavy atom. The van der Waals surface area contributed by atoms with Gasteiger partial charge in [-0.1, -0.05) is 35.9 Å². The van der Waals surface area contributed by atoms with Gasteiger partial charge in [-0.15, -0.1) is 11.3 Å². The molecular weight excluding hydrogens is 322 g/mol. The van der Waals surface area contributed by atoms with E-state index in [0.29, 0.717) is 13.3 Å². The number of rotatable bonds is 5. The summed E-state index contributed by atoms with van der Waals surface area (Å²) < 4.78 is 10.7. The second-order valence-electron chi connectivity index (χ2n) is 5.57. The molecule has 0 saturated carbocycles. The second kappa shape index (κ2) is 6.51. The number of benzene rings is 2. The molecule has 2 heterocycles. The number of nitrogens with one attached hydrogen (secondary N) is 2. The van der Waals surface area contributed by atoms with Crippen molar-refractivity contribution >= 4 is 16.5 Å². The summed E-state index contributed by atoms with van der Waals surface area (Å²) in [4.78, 5) is 4.60. The van der Waals surface area contributed by atoms with E-state index in [0.717, 1.165) is 33.5 Å². The van der Waals surface area contributed by atoms with E-state index < -0.39 is 0 Å². The largest absolute Gasteiger partial charge is 0.454 e. The minimum atomic E-state index is 0.297. The van der Waals surface area contributed by atoms with Gasteiger partial charge in [-0.05, 0) is 24.6 Å². The number of fused-ring (bicyclic) bond motifs is 1. The lowest BCUT2D eigenvalue weighted by Crippen LogP contribution is -2.20. The average Bonchev–Trinajstić information content (AvgIpc) is 3.24. The van der Waals surface area contributed by atoms with Crippen molar-refractivity contribution in [1.29, 1.82) is 0 Å². The summed E-state index contributed by atoms with van der Waals surface area (Å²) in [6, 6.07) is 14.3. The van der Waals surface area contributed by atoms with Crippen LogP contribution in [0.5, 0.6) is 11.5 Å². The van der Waals surface area contributed by atoms with Gasteiger partial charge in [0.1, 0.15) is 0 Å². The molecule has 2 N–H and O–H groups in total. The summed E-state index contributed by atoms with van der Waals surface area (Å²) in [6.07, 6.45) is 0. The molecule has 0 aliphatic carbocycles. The van der Waals surface area contributed by atoms with E-state index in [2.05, 4.69) is 52.4 Å². The van der Waals surface area contributed by atoms with Gasteiger partial charge in [-0.3, -0.25) is 5.43 Å². The predicted octanol–water partition coefficient (Wildman–Crippen LogP) is 3.96. The number of hydrogen-bond acceptors (Lipinski definition) is 6. The zero-order chi connectivity index (χ0) is 16.4. The smallest absolute Gasteiger partial charge is 0.231 e. The van der Waals surface area contributed by atoms with Gasteiger partial charge < -0.3 is 9.47 Å². The highest BCUT2D eigenvalue weighted by Crippen LogP contribution is 2.32. The molecule has 1 aliphatic rings. The number of thiazole rings is 1. The van der Waals surface area contributed by atoms with Crippen LogP contribution in [0.3, 0.4) is 0 Å². The molecule has 1 aromatic heterocycles. The maximum atomic E-state index is 5.38. The molecule has 1 aliphatic heterocycles. The van der Waals surface area contributed by atoms with Crippen molar-refractivity contribution < 1.29 is 9.47 Å². The number of aryl methyl sites for hydroxylation is 1. The minimum Gasteiger partial charge on any atom is -0.454 e. The van der Waals surface area contributed by atoms with Crippen LogP contribution in [0.2, 0.25) is 0 Å². The normalized spacial score (nSPS) is 12.4. The van der Waals surface area contributed by atoms with Gasteiger partial charge in [-0.2, -0.15) is 0 Å². The van der Waals surface area contributed by atoms with E-state index in [1.165, 1.54) is 5.56 Å². The Labute approximate surface area is 144 Å². The molecule has 0 fully saturated rings. The molecular formula is C18H17N3O2S. The van der Waals surface area contributed by atoms with Crippen molar-refractivity contribution in [3.05, 3.63) is 59.0 Å². The van der Waals surface area contributed by atoms with E-state index in [4.69, 9.17) is 9.47 Å². The van der Waals surface area contributed by atoms with Gasteiger partial charge in [0.05, 0.1) is 5.69 Å². The van der Waals surface area contributed by atoms with Crippen LogP contribution in [-0.2, 0) is 6.54 Å². The third-order valence-corrected chi connectivity index (χ3v) is 4.53. The summed E-state index contributed by atoms with van der Waals surface area (Å²) in [6.45, 7) is 3.04. The summed E-state index contributed by atoms with van der Waals surface area (Å²) in [7, 11) is 0. The first-order chi connectivity index (χ1) is 11.8. The zero-order valence-electron chi connectivity index (χ0n) is 13.2. The standard InChI is InChI=1S/C18H17N3O2S/c1-12-2-5-14(6-3-12)15-10-24-18(20-15)21-19-9-13-4-7-16-17(8-13)23-11-22-16/h2-8,10,19H,9,11H2,1H3,(H,20,21). The number of aromatic nitrogens is 1. The number of nitrogens with zero attached hydrogens (tertiary/aromatic N) is 1. The summed E-state index contributed by atoms with van der Waals surface area (Å²) in [5.74, 6) is 1.60. The van der Waals surface area contributed by atoms with Gasteiger partial charge in [-0.25, -0.2) is 10.4 Å². The van der Waals surface area contributed by atoms with Crippen LogP contribution < -0.4 is 20.3 Å². The molecule has 2 aromatic carbocycles. The van der Waals surface area contributed by atoms with Crippen LogP contribution in [0.4, 0.5) is 5.13 Å². The Bertz CT molecular complexity index is 846. The minimum absolute atomic E-state index is 0.297. The summed E-state index contributed by atoms with van der Waals surface area (Å²) in [5.41, 5.74) is 10.8. The number of hydrogen-bond donors (Lipinski definition) is 2. The molecule has 3 aromatic rings. The number of hydrazine groups is 1. The third kappa shape index (κ3) is 3.20. The molecule has 0 spiro atoms. The Morgan fingerprint density at radius 3 is 2.79 bits per heavy atom. The summed E-state index contributed by atoms with van der Waals surface area (Å²) in [5, 5.41) is 2.89. The first-order valence-corrected chi connectivity index (χ1v) is 8.56. The van der Waals surface area contributed by atoms with Crippen molar-refractivity contribution in [2.45, 2.75) is 13.5 Å². The van der Waals surface area contributed by atoms with Gasteiger partial charge in [0.2, 0.25) is 6.79 Å². The quantitative estimate of drug-likeness (QED) is 0.689. The molecule has 4 rings (SSSR count). The van der Waals surface area contributed by atoms with Crippen molar-refractivity contribution in [3.8, 4) is 22.8 Å². The fourth-order valence-electron chi connectivity index (χ4n) is 2.46. The van der Waals surface area contributed by atoms with E-state index in [1.54, 1.807) is 11.3 Å². The van der Waals surface area contributed by atoms with E-state index in [1.807, 2.05) is 18.2 Å². The van der Waals surface area contributed by atoms with E-state index >= 15 is 0 Å². The van der Waals surface area contributed by atoms with Crippen LogP contribution in [0.25, 0.3) is 11.3 Å². The monoisotopic (exact) mass is 339 g/mol. The highest BCUT2D eigenvalue weighted by atomic mass is 32.1. The highest BCUT2D eigenvalue weighted by Gasteiger charge is 2.13. The van der Waals surface area contributed by atoms with Gasteiger partial charge in [0.25, 0.3) is 0 Å². The van der Waals surface area contributed by atoms with E-state index in [-0.39, 0.29) is 0 Å². The fourth-order valence-corrected chi connectivity index (χ4v) is 3.16. The molecule has 0 radical (unpaired) electrons. The Kier molecular flexibility index (Phi) is 4.06. The highest BCUT2D eigenvalue weighted by molar-refractivity contribution is 7.14. The Morgan fingerprint density at radius 1 is 1.08 bits per heavy atom. The Hall–Kier alpha value is -2.57. The number of anilines is 1. The lowest BCUT2D eigenvalue weighted by Gasteiger charge is -2.06. The van der Waals surface area contributed by atoms with Crippen LogP contribution in [0.15, 0.2) is 47.8 Å². The van der Waals surface area contributed by atoms with Crippen LogP contribution >= 0.6 is 11.3 Å². The molecule has 0 atom stereocenters. The van der Waals surface area contributed by atoms with Crippen molar-refractivity contribution in [2.75, 3.05) is 12.2 Å². The Balaban J connectivity index is 1.36. The van der Waals surface area contributed by atoms with Gasteiger partial charge >= 0.3 is 0 Å². The summed E-state index contributed by atoms with van der Waals surface area (Å²) >= 11 is 1.57. The second-order valence-corrected chi connectivity index (χ2v) is 6.43. The lowest BCUT2D eigenvalue weighted by molar-refractivity contribution is 0.174. The third-order valence-electron chi connectivity index (χ3n) is 3.78. The van der Waals surface area contributed by atoms with E-state index in [9.17, 15) is 0 Å². The maximum absolute atomic E-state index is 5.38. The molecule has 6 heteroatoms. The van der Waals surface area contributed by atoms with Crippen LogP contribution in [0, 0.1) is 6.92 Å². The first-order valence-electron chi connectivity index (χ1n) is 7.68. The van der Waals surface area contributed by atoms with Crippen molar-refractivity contribution in [1.82, 2.24) is 10.4 Å². The zero-order valence-corrected chi connectivity index (χ0v) is 14.0. The SMILES string of the molecule is Cc1ccc(-c2csc(NNCc3ccc4c(c3)OCO4)n2)cc1. The molecule has 0 saturated heterocycles. The number of ether oxygens (including phenoxy) is 2. The topological polar surface area (TPSA) is 55.4 Å². The van der Waals surface area contributed by atoms with Crippen molar-refractivity contribution in [2.24, 2.45) is 0 Å². The van der Waals surface area contributed by atoms with Crippen LogP contribution in [-0.4, -0.2) is 11.8 Å². The van der Waals surface area contributed by atoms with Gasteiger partial charge in [0, 0.05) is 17.5 Å². The maximum Gasteiger partial charge on any atom is 0.231 e. The molecule has 0 amide bonds. The lowest BCUT2D eigenvalue weighted by atomic mass is 10.1. The van der Waals surface area contributed by atoms with Gasteiger partial charge in [0.15, 0.2) is 16.6 Å². The predicted molar refractivity (Wildman–Crippen MR) is 95.3 cm³/mol. The molecule has 0 unspecified atom stereocenters.